The summed E-state index contributed by atoms with van der Waals surface area (Å²) in [6.45, 7) is 2.12. The highest BCUT2D eigenvalue weighted by atomic mass is 32.1. The third-order valence-corrected chi connectivity index (χ3v) is 5.33. The summed E-state index contributed by atoms with van der Waals surface area (Å²) < 4.78 is 27.0. The topological polar surface area (TPSA) is 72.2 Å². The second-order valence-electron chi connectivity index (χ2n) is 6.00. The van der Waals surface area contributed by atoms with E-state index in [9.17, 15) is 18.4 Å². The number of benzene rings is 1. The number of hydrogen-bond donors (Lipinski definition) is 2. The van der Waals surface area contributed by atoms with Crippen molar-refractivity contribution in [2.45, 2.75) is 26.2 Å². The Balaban J connectivity index is 1.96. The van der Waals surface area contributed by atoms with Crippen LogP contribution >= 0.6 is 11.3 Å². The van der Waals surface area contributed by atoms with E-state index in [0.29, 0.717) is 10.9 Å². The fraction of sp³-hybridized carbons (Fsp3) is 0.294. The average Bonchev–Trinajstić information content (AvgIpc) is 2.86. The van der Waals surface area contributed by atoms with E-state index in [2.05, 4.69) is 12.2 Å². The Labute approximate surface area is 141 Å². The summed E-state index contributed by atoms with van der Waals surface area (Å²) in [6, 6.07) is 2.65. The number of anilines is 1. The number of halogens is 2. The van der Waals surface area contributed by atoms with E-state index in [0.717, 1.165) is 47.9 Å². The molecule has 0 saturated carbocycles. The fourth-order valence-corrected chi connectivity index (χ4v) is 4.35. The van der Waals surface area contributed by atoms with Gasteiger partial charge in [-0.15, -0.1) is 11.3 Å². The van der Waals surface area contributed by atoms with E-state index in [1.807, 2.05) is 0 Å². The third kappa shape index (κ3) is 3.03. The molecule has 0 fully saturated rings. The molecule has 3 N–H and O–H groups in total. The number of thiophene rings is 1. The second-order valence-corrected chi connectivity index (χ2v) is 7.10. The Morgan fingerprint density at radius 2 is 2.08 bits per heavy atom. The zero-order valence-electron chi connectivity index (χ0n) is 13.0. The number of nitrogens with two attached hydrogens (primary N) is 1. The lowest BCUT2D eigenvalue weighted by atomic mass is 9.88. The summed E-state index contributed by atoms with van der Waals surface area (Å²) >= 11 is 1.28. The highest BCUT2D eigenvalue weighted by molar-refractivity contribution is 7.17. The number of fused-ring (bicyclic) bond motifs is 1. The molecule has 126 valence electrons. The van der Waals surface area contributed by atoms with Gasteiger partial charge in [0.2, 0.25) is 0 Å². The van der Waals surface area contributed by atoms with Crippen molar-refractivity contribution in [3.8, 4) is 0 Å². The maximum atomic E-state index is 13.7. The van der Waals surface area contributed by atoms with Gasteiger partial charge >= 0.3 is 0 Å². The number of carbonyl (C=O) groups is 2. The van der Waals surface area contributed by atoms with Crippen molar-refractivity contribution >= 4 is 28.2 Å². The molecule has 1 aliphatic rings. The van der Waals surface area contributed by atoms with Crippen LogP contribution in [0.5, 0.6) is 0 Å². The average molecular weight is 350 g/mol. The maximum absolute atomic E-state index is 13.7. The monoisotopic (exact) mass is 350 g/mol. The summed E-state index contributed by atoms with van der Waals surface area (Å²) in [5.74, 6) is -2.49. The smallest absolute Gasteiger partial charge is 0.259 e. The van der Waals surface area contributed by atoms with Crippen LogP contribution in [-0.4, -0.2) is 11.8 Å². The number of nitrogens with one attached hydrogen (secondary N) is 1. The van der Waals surface area contributed by atoms with Gasteiger partial charge in [0.1, 0.15) is 16.6 Å². The zero-order valence-corrected chi connectivity index (χ0v) is 13.8. The standard InChI is InChI=1S/C17H16F2N2O2S/c1-8-2-4-10-13(6-8)24-17(14(10)15(20)22)21-16(23)11-7-9(18)3-5-12(11)19/h3,5,7-8H,2,4,6H2,1H3,(H2,20,22)(H,21,23)/t8-/m0/s1. The van der Waals surface area contributed by atoms with Crippen LogP contribution in [0.4, 0.5) is 13.8 Å². The van der Waals surface area contributed by atoms with Crippen LogP contribution in [0.2, 0.25) is 0 Å². The minimum Gasteiger partial charge on any atom is -0.365 e. The van der Waals surface area contributed by atoms with Gasteiger partial charge in [-0.1, -0.05) is 6.92 Å². The molecule has 7 heteroatoms. The lowest BCUT2D eigenvalue weighted by Gasteiger charge is -2.18. The molecule has 0 aliphatic heterocycles. The molecular weight excluding hydrogens is 334 g/mol. The van der Waals surface area contributed by atoms with E-state index in [-0.39, 0.29) is 5.56 Å². The largest absolute Gasteiger partial charge is 0.365 e. The predicted molar refractivity (Wildman–Crippen MR) is 88.3 cm³/mol. The molecule has 0 bridgehead atoms. The maximum Gasteiger partial charge on any atom is 0.259 e. The van der Waals surface area contributed by atoms with Crippen LogP contribution in [0.15, 0.2) is 18.2 Å². The molecular formula is C17H16F2N2O2S. The first-order chi connectivity index (χ1) is 11.4. The fourth-order valence-electron chi connectivity index (χ4n) is 2.94. The summed E-state index contributed by atoms with van der Waals surface area (Å²) in [7, 11) is 0. The Hall–Kier alpha value is -2.28. The van der Waals surface area contributed by atoms with Gasteiger partial charge in [0.15, 0.2) is 0 Å². The number of amides is 2. The molecule has 2 amide bonds. The van der Waals surface area contributed by atoms with Gasteiger partial charge in [0.25, 0.3) is 11.8 Å². The Kier molecular flexibility index (Phi) is 4.36. The van der Waals surface area contributed by atoms with Crippen LogP contribution in [-0.2, 0) is 12.8 Å². The van der Waals surface area contributed by atoms with Gasteiger partial charge in [-0.25, -0.2) is 8.78 Å². The van der Waals surface area contributed by atoms with Crippen molar-refractivity contribution in [1.82, 2.24) is 0 Å². The molecule has 2 aromatic rings. The molecule has 0 saturated heterocycles. The molecule has 0 spiro atoms. The molecule has 1 atom stereocenters. The molecule has 0 radical (unpaired) electrons. The van der Waals surface area contributed by atoms with E-state index < -0.39 is 29.0 Å². The van der Waals surface area contributed by atoms with Crippen molar-refractivity contribution in [2.75, 3.05) is 5.32 Å². The van der Waals surface area contributed by atoms with Crippen molar-refractivity contribution in [2.24, 2.45) is 11.7 Å². The second kappa shape index (κ2) is 6.32. The Morgan fingerprint density at radius 1 is 1.33 bits per heavy atom. The highest BCUT2D eigenvalue weighted by Crippen LogP contribution is 2.39. The van der Waals surface area contributed by atoms with Crippen LogP contribution in [0.3, 0.4) is 0 Å². The van der Waals surface area contributed by atoms with Gasteiger partial charge in [-0.3, -0.25) is 9.59 Å². The zero-order chi connectivity index (χ0) is 17.4. The van der Waals surface area contributed by atoms with Crippen molar-refractivity contribution < 1.29 is 18.4 Å². The molecule has 24 heavy (non-hydrogen) atoms. The number of rotatable bonds is 3. The van der Waals surface area contributed by atoms with Gasteiger partial charge < -0.3 is 11.1 Å². The molecule has 0 unspecified atom stereocenters. The summed E-state index contributed by atoms with van der Waals surface area (Å²) in [6.07, 6.45) is 2.47. The number of hydrogen-bond acceptors (Lipinski definition) is 3. The van der Waals surface area contributed by atoms with Gasteiger partial charge in [-0.05, 0) is 48.9 Å². The normalized spacial score (nSPS) is 16.5. The summed E-state index contributed by atoms with van der Waals surface area (Å²) in [4.78, 5) is 25.1. The summed E-state index contributed by atoms with van der Waals surface area (Å²) in [5.41, 5.74) is 6.20. The molecule has 1 aromatic carbocycles. The first kappa shape index (κ1) is 16.6. The third-order valence-electron chi connectivity index (χ3n) is 4.16. The van der Waals surface area contributed by atoms with Crippen LogP contribution < -0.4 is 11.1 Å². The highest BCUT2D eigenvalue weighted by Gasteiger charge is 2.27. The number of carbonyl (C=O) groups excluding carboxylic acids is 2. The van der Waals surface area contributed by atoms with E-state index in [1.165, 1.54) is 11.3 Å². The number of primary amides is 1. The molecule has 1 aliphatic carbocycles. The molecule has 1 heterocycles. The first-order valence-corrected chi connectivity index (χ1v) is 8.39. The van der Waals surface area contributed by atoms with E-state index in [1.54, 1.807) is 0 Å². The minimum atomic E-state index is -0.829. The van der Waals surface area contributed by atoms with Crippen LogP contribution in [0, 0.1) is 17.6 Å². The van der Waals surface area contributed by atoms with Gasteiger partial charge in [0.05, 0.1) is 11.1 Å². The van der Waals surface area contributed by atoms with Gasteiger partial charge in [0, 0.05) is 4.88 Å². The lowest BCUT2D eigenvalue weighted by Crippen LogP contribution is -2.20. The van der Waals surface area contributed by atoms with Crippen LogP contribution in [0.25, 0.3) is 0 Å². The first-order valence-electron chi connectivity index (χ1n) is 7.57. The summed E-state index contributed by atoms with van der Waals surface area (Å²) in [5, 5.41) is 2.82. The predicted octanol–water partition coefficient (Wildman–Crippen LogP) is 3.50. The minimum absolute atomic E-state index is 0.284. The van der Waals surface area contributed by atoms with Crippen LogP contribution in [0.1, 0.15) is 44.5 Å². The van der Waals surface area contributed by atoms with Crippen molar-refractivity contribution in [3.63, 3.8) is 0 Å². The van der Waals surface area contributed by atoms with Crippen molar-refractivity contribution in [1.29, 1.82) is 0 Å². The Bertz CT molecular complexity index is 832. The molecule has 3 rings (SSSR count). The van der Waals surface area contributed by atoms with E-state index >= 15 is 0 Å². The van der Waals surface area contributed by atoms with Gasteiger partial charge in [-0.2, -0.15) is 0 Å². The molecule has 4 nitrogen and oxygen atoms in total. The van der Waals surface area contributed by atoms with Crippen molar-refractivity contribution in [3.05, 3.63) is 51.4 Å². The molecule has 1 aromatic heterocycles. The SMILES string of the molecule is C[C@H]1CCc2c(sc(NC(=O)c3cc(F)ccc3F)c2C(N)=O)C1. The Morgan fingerprint density at radius 3 is 2.79 bits per heavy atom. The van der Waals surface area contributed by atoms with E-state index in [4.69, 9.17) is 5.73 Å². The lowest BCUT2D eigenvalue weighted by molar-refractivity contribution is 0.1000. The quantitative estimate of drug-likeness (QED) is 0.889.